The van der Waals surface area contributed by atoms with Crippen molar-refractivity contribution in [2.24, 2.45) is 0 Å². The molecule has 5 rings (SSSR count). The van der Waals surface area contributed by atoms with E-state index in [1.807, 2.05) is 12.1 Å². The summed E-state index contributed by atoms with van der Waals surface area (Å²) in [5.41, 5.74) is 0.286. The van der Waals surface area contributed by atoms with E-state index >= 15 is 0 Å². The maximum Gasteiger partial charge on any atom is 0.269 e. The van der Waals surface area contributed by atoms with Gasteiger partial charge in [0.1, 0.15) is 21.3 Å². The Bertz CT molecular complexity index is 1330. The van der Waals surface area contributed by atoms with Crippen molar-refractivity contribution in [3.63, 3.8) is 0 Å². The number of ether oxygens (including phenoxy) is 2. The average Bonchev–Trinajstić information content (AvgIpc) is 3.42. The van der Waals surface area contributed by atoms with E-state index in [9.17, 15) is 9.59 Å². The Kier molecular flexibility index (Phi) is 6.33. The van der Waals surface area contributed by atoms with Crippen molar-refractivity contribution in [2.75, 3.05) is 13.2 Å². The maximum atomic E-state index is 13.3. The van der Waals surface area contributed by atoms with Crippen LogP contribution in [0.2, 0.25) is 0 Å². The fraction of sp³-hybridized carbons (Fsp3) is 0.217. The summed E-state index contributed by atoms with van der Waals surface area (Å²) in [6.07, 6.45) is 5.02. The van der Waals surface area contributed by atoms with Gasteiger partial charge < -0.3 is 9.47 Å². The van der Waals surface area contributed by atoms with Crippen LogP contribution in [-0.4, -0.2) is 43.8 Å². The predicted molar refractivity (Wildman–Crippen MR) is 135 cm³/mol. The molecular weight excluding hydrogens is 526 g/mol. The first kappa shape index (κ1) is 22.3. The predicted octanol–water partition coefficient (Wildman–Crippen LogP) is 4.63. The first-order valence-electron chi connectivity index (χ1n) is 10.3. The number of pyridine rings is 1. The number of rotatable bonds is 5. The third-order valence-corrected chi connectivity index (χ3v) is 7.23. The second-order valence-electron chi connectivity index (χ2n) is 7.55. The Labute approximate surface area is 207 Å². The van der Waals surface area contributed by atoms with Crippen LogP contribution in [-0.2, 0) is 9.53 Å². The minimum absolute atomic E-state index is 0.0175. The van der Waals surface area contributed by atoms with E-state index in [0.29, 0.717) is 33.8 Å². The molecule has 2 aromatic heterocycles. The number of carbonyl (C=O) groups excluding carboxylic acids is 1. The van der Waals surface area contributed by atoms with Crippen LogP contribution in [0.3, 0.4) is 0 Å². The molecule has 2 fully saturated rings. The van der Waals surface area contributed by atoms with E-state index in [1.54, 1.807) is 41.4 Å². The third-order valence-electron chi connectivity index (χ3n) is 5.32. The maximum absolute atomic E-state index is 13.3. The van der Waals surface area contributed by atoms with Gasteiger partial charge >= 0.3 is 0 Å². The molecule has 0 radical (unpaired) electrons. The Morgan fingerprint density at radius 1 is 1.24 bits per heavy atom. The average molecular weight is 544 g/mol. The minimum atomic E-state index is -0.336. The smallest absolute Gasteiger partial charge is 0.269 e. The molecule has 1 aromatic carbocycles. The molecule has 0 aliphatic carbocycles. The quantitative estimate of drug-likeness (QED) is 0.343. The molecule has 2 saturated heterocycles. The van der Waals surface area contributed by atoms with Crippen LogP contribution < -0.4 is 10.3 Å². The van der Waals surface area contributed by atoms with E-state index in [-0.39, 0.29) is 29.0 Å². The van der Waals surface area contributed by atoms with Crippen molar-refractivity contribution < 1.29 is 14.3 Å². The summed E-state index contributed by atoms with van der Waals surface area (Å²) in [5, 5.41) is 0. The summed E-state index contributed by atoms with van der Waals surface area (Å²) in [4.78, 5) is 32.9. The normalized spacial score (nSPS) is 19.7. The van der Waals surface area contributed by atoms with Crippen LogP contribution >= 0.6 is 39.9 Å². The number of aromatic nitrogens is 2. The number of benzene rings is 1. The fourth-order valence-corrected chi connectivity index (χ4v) is 5.20. The van der Waals surface area contributed by atoms with Crippen LogP contribution in [0.1, 0.15) is 18.4 Å². The molecule has 1 amide bonds. The lowest BCUT2D eigenvalue weighted by Crippen LogP contribution is -2.35. The van der Waals surface area contributed by atoms with Crippen molar-refractivity contribution in [3.8, 4) is 11.6 Å². The highest BCUT2D eigenvalue weighted by molar-refractivity contribution is 9.10. The highest BCUT2D eigenvalue weighted by Gasteiger charge is 2.35. The number of thiocarbonyl (C=S) groups is 1. The molecular formula is C23H18BrN3O4S2. The molecule has 0 spiro atoms. The Balaban J connectivity index is 1.54. The van der Waals surface area contributed by atoms with E-state index in [0.717, 1.165) is 17.3 Å². The zero-order chi connectivity index (χ0) is 22.9. The van der Waals surface area contributed by atoms with Crippen LogP contribution in [0.25, 0.3) is 11.7 Å². The molecule has 3 aromatic rings. The van der Waals surface area contributed by atoms with E-state index < -0.39 is 0 Å². The first-order chi connectivity index (χ1) is 16.0. The molecule has 168 valence electrons. The van der Waals surface area contributed by atoms with E-state index in [4.69, 9.17) is 21.7 Å². The van der Waals surface area contributed by atoms with Gasteiger partial charge in [0.25, 0.3) is 11.5 Å². The molecule has 2 aliphatic rings. The number of thioether (sulfide) groups is 1. The van der Waals surface area contributed by atoms with Gasteiger partial charge in [-0.15, -0.1) is 0 Å². The molecule has 1 atom stereocenters. The molecule has 0 N–H and O–H groups in total. The summed E-state index contributed by atoms with van der Waals surface area (Å²) < 4.78 is 14.4. The van der Waals surface area contributed by atoms with Gasteiger partial charge in [-0.25, -0.2) is 0 Å². The zero-order valence-electron chi connectivity index (χ0n) is 17.3. The minimum Gasteiger partial charge on any atom is -0.438 e. The number of amides is 1. The highest BCUT2D eigenvalue weighted by atomic mass is 79.9. The number of carbonyl (C=O) groups is 1. The summed E-state index contributed by atoms with van der Waals surface area (Å²) in [5.74, 6) is 0.400. The zero-order valence-corrected chi connectivity index (χ0v) is 20.5. The highest BCUT2D eigenvalue weighted by Crippen LogP contribution is 2.35. The van der Waals surface area contributed by atoms with Gasteiger partial charge in [0.05, 0.1) is 17.6 Å². The molecule has 33 heavy (non-hydrogen) atoms. The Morgan fingerprint density at radius 2 is 2.06 bits per heavy atom. The second kappa shape index (κ2) is 9.38. The molecule has 10 heteroatoms. The fourth-order valence-electron chi connectivity index (χ4n) is 3.68. The van der Waals surface area contributed by atoms with E-state index in [1.165, 1.54) is 22.2 Å². The lowest BCUT2D eigenvalue weighted by Gasteiger charge is -2.18. The molecule has 0 bridgehead atoms. The molecule has 0 saturated carbocycles. The molecule has 2 aliphatic heterocycles. The first-order valence-corrected chi connectivity index (χ1v) is 12.3. The lowest BCUT2D eigenvalue weighted by molar-refractivity contribution is -0.123. The molecule has 7 nitrogen and oxygen atoms in total. The van der Waals surface area contributed by atoms with Crippen molar-refractivity contribution in [1.82, 2.24) is 14.3 Å². The van der Waals surface area contributed by atoms with Gasteiger partial charge in [0, 0.05) is 17.3 Å². The summed E-state index contributed by atoms with van der Waals surface area (Å²) >= 11 is 10.0. The number of hydrogen-bond donors (Lipinski definition) is 0. The van der Waals surface area contributed by atoms with Gasteiger partial charge in [0.2, 0.25) is 5.88 Å². The standard InChI is InChI=1S/C23H18BrN3O4S2/c24-14-6-8-15(9-7-14)31-20-17(21(28)26-10-2-1-5-19(26)25-20)12-18-22(29)27(23(32)33-18)13-16-4-3-11-30-16/h1-2,5-10,12,16H,3-4,11,13H2/b18-12-/t16-/m1/s1. The summed E-state index contributed by atoms with van der Waals surface area (Å²) in [6, 6.07) is 12.5. The summed E-state index contributed by atoms with van der Waals surface area (Å²) in [6.45, 7) is 1.12. The van der Waals surface area contributed by atoms with Gasteiger partial charge in [-0.2, -0.15) is 4.98 Å². The number of halogens is 1. The number of nitrogens with zero attached hydrogens (tertiary/aromatic N) is 3. The van der Waals surface area contributed by atoms with Crippen molar-refractivity contribution in [3.05, 3.63) is 74.0 Å². The van der Waals surface area contributed by atoms with Crippen LogP contribution in [0, 0.1) is 0 Å². The lowest BCUT2D eigenvalue weighted by atomic mass is 10.2. The Hall–Kier alpha value is -2.53. The largest absolute Gasteiger partial charge is 0.438 e. The number of hydrogen-bond acceptors (Lipinski definition) is 7. The summed E-state index contributed by atoms with van der Waals surface area (Å²) in [7, 11) is 0. The SMILES string of the molecule is O=C1/C(=C/c2c(Oc3ccc(Br)cc3)nc3ccccn3c2=O)SC(=S)N1C[C@H]1CCCO1. The van der Waals surface area contributed by atoms with Crippen LogP contribution in [0.5, 0.6) is 11.6 Å². The van der Waals surface area contributed by atoms with Crippen molar-refractivity contribution >= 4 is 61.9 Å². The second-order valence-corrected chi connectivity index (χ2v) is 10.1. The van der Waals surface area contributed by atoms with Crippen molar-refractivity contribution in [1.29, 1.82) is 0 Å². The molecule has 4 heterocycles. The third kappa shape index (κ3) is 4.61. The van der Waals surface area contributed by atoms with Gasteiger partial charge in [-0.05, 0) is 55.3 Å². The van der Waals surface area contributed by atoms with Gasteiger partial charge in [0.15, 0.2) is 0 Å². The van der Waals surface area contributed by atoms with Crippen LogP contribution in [0.4, 0.5) is 0 Å². The van der Waals surface area contributed by atoms with Gasteiger partial charge in [-0.3, -0.25) is 18.9 Å². The molecule has 0 unspecified atom stereocenters. The van der Waals surface area contributed by atoms with E-state index in [2.05, 4.69) is 20.9 Å². The van der Waals surface area contributed by atoms with Crippen LogP contribution in [0.15, 0.2) is 62.8 Å². The van der Waals surface area contributed by atoms with Crippen molar-refractivity contribution in [2.45, 2.75) is 18.9 Å². The van der Waals surface area contributed by atoms with Gasteiger partial charge in [-0.1, -0.05) is 46.0 Å². The topological polar surface area (TPSA) is 73.1 Å². The number of fused-ring (bicyclic) bond motifs is 1. The Morgan fingerprint density at radius 3 is 2.82 bits per heavy atom. The monoisotopic (exact) mass is 543 g/mol.